The Kier molecular flexibility index (Phi) is 7.40. The second-order valence-corrected chi connectivity index (χ2v) is 7.46. The van der Waals surface area contributed by atoms with Crippen LogP contribution in [0.2, 0.25) is 0 Å². The third kappa shape index (κ3) is 5.52. The van der Waals surface area contributed by atoms with Crippen LogP contribution in [0.15, 0.2) is 73.3 Å². The summed E-state index contributed by atoms with van der Waals surface area (Å²) >= 11 is 0. The second kappa shape index (κ2) is 9.99. The van der Waals surface area contributed by atoms with E-state index in [1.165, 1.54) is 0 Å². The fourth-order valence-corrected chi connectivity index (χ4v) is 3.43. The smallest absolute Gasteiger partial charge is 0.110 e. The molecule has 2 aromatic rings. The highest BCUT2D eigenvalue weighted by Gasteiger charge is 2.43. The van der Waals surface area contributed by atoms with Gasteiger partial charge in [0.1, 0.15) is 5.60 Å². The predicted octanol–water partition coefficient (Wildman–Crippen LogP) is 4.27. The second-order valence-electron chi connectivity index (χ2n) is 7.46. The van der Waals surface area contributed by atoms with E-state index >= 15 is 0 Å². The van der Waals surface area contributed by atoms with Gasteiger partial charge in [-0.05, 0) is 24.5 Å². The van der Waals surface area contributed by atoms with Crippen molar-refractivity contribution in [3.8, 4) is 0 Å². The first-order chi connectivity index (χ1) is 13.6. The summed E-state index contributed by atoms with van der Waals surface area (Å²) in [6.07, 6.45) is 1.89. The van der Waals surface area contributed by atoms with E-state index in [2.05, 4.69) is 6.58 Å². The molecule has 0 spiro atoms. The molecular weight excluding hydrogens is 352 g/mol. The predicted molar refractivity (Wildman–Crippen MR) is 110 cm³/mol. The zero-order valence-corrected chi connectivity index (χ0v) is 16.5. The van der Waals surface area contributed by atoms with Crippen LogP contribution < -0.4 is 0 Å². The van der Waals surface area contributed by atoms with Crippen LogP contribution in [0.3, 0.4) is 0 Å². The molecule has 28 heavy (non-hydrogen) atoms. The summed E-state index contributed by atoms with van der Waals surface area (Å²) in [7, 11) is 0. The molecule has 0 saturated carbocycles. The highest BCUT2D eigenvalue weighted by Crippen LogP contribution is 2.33. The lowest BCUT2D eigenvalue weighted by Gasteiger charge is -2.44. The van der Waals surface area contributed by atoms with Crippen LogP contribution in [0.4, 0.5) is 0 Å². The van der Waals surface area contributed by atoms with Crippen molar-refractivity contribution in [1.29, 1.82) is 0 Å². The summed E-state index contributed by atoms with van der Waals surface area (Å²) in [5.74, 6) is 0. The molecular formula is C24H30O4. The Morgan fingerprint density at radius 3 is 2.29 bits per heavy atom. The van der Waals surface area contributed by atoms with E-state index in [0.29, 0.717) is 32.7 Å². The van der Waals surface area contributed by atoms with Gasteiger partial charge < -0.3 is 19.3 Å². The first-order valence-corrected chi connectivity index (χ1v) is 9.87. The molecule has 1 heterocycles. The molecule has 1 fully saturated rings. The Morgan fingerprint density at radius 2 is 1.68 bits per heavy atom. The van der Waals surface area contributed by atoms with Crippen molar-refractivity contribution >= 4 is 0 Å². The minimum absolute atomic E-state index is 0.161. The summed E-state index contributed by atoms with van der Waals surface area (Å²) in [6, 6.07) is 20.2. The highest BCUT2D eigenvalue weighted by molar-refractivity contribution is 5.14. The number of benzene rings is 2. The molecule has 1 aliphatic rings. The van der Waals surface area contributed by atoms with E-state index in [1.54, 1.807) is 6.08 Å². The van der Waals surface area contributed by atoms with E-state index in [4.69, 9.17) is 14.2 Å². The summed E-state index contributed by atoms with van der Waals surface area (Å²) in [6.45, 7) is 7.34. The average Bonchev–Trinajstić information content (AvgIpc) is 2.74. The van der Waals surface area contributed by atoms with Crippen molar-refractivity contribution in [2.24, 2.45) is 0 Å². The van der Waals surface area contributed by atoms with Gasteiger partial charge >= 0.3 is 0 Å². The number of rotatable bonds is 9. The number of hydrogen-bond acceptors (Lipinski definition) is 4. The molecule has 0 radical (unpaired) electrons. The fraction of sp³-hybridized carbons (Fsp3) is 0.417. The van der Waals surface area contributed by atoms with Crippen LogP contribution >= 0.6 is 0 Å². The third-order valence-electron chi connectivity index (χ3n) is 5.31. The quantitative estimate of drug-likeness (QED) is 0.520. The van der Waals surface area contributed by atoms with Gasteiger partial charge in [0.25, 0.3) is 0 Å². The molecule has 2 aromatic carbocycles. The van der Waals surface area contributed by atoms with Gasteiger partial charge in [0, 0.05) is 13.0 Å². The number of ether oxygens (including phenoxy) is 3. The molecule has 4 nitrogen and oxygen atoms in total. The Hall–Kier alpha value is -1.98. The molecule has 1 N–H and O–H groups in total. The van der Waals surface area contributed by atoms with Crippen LogP contribution in [0, 0.1) is 0 Å². The summed E-state index contributed by atoms with van der Waals surface area (Å²) in [4.78, 5) is 0. The van der Waals surface area contributed by atoms with E-state index < -0.39 is 11.7 Å². The van der Waals surface area contributed by atoms with Crippen LogP contribution in [0.5, 0.6) is 0 Å². The molecule has 0 amide bonds. The van der Waals surface area contributed by atoms with Crippen LogP contribution in [0.25, 0.3) is 0 Å². The molecule has 0 unspecified atom stereocenters. The van der Waals surface area contributed by atoms with Gasteiger partial charge in [0.05, 0.1) is 31.5 Å². The van der Waals surface area contributed by atoms with Crippen molar-refractivity contribution < 1.29 is 19.3 Å². The van der Waals surface area contributed by atoms with E-state index in [-0.39, 0.29) is 12.2 Å². The highest BCUT2D eigenvalue weighted by atomic mass is 16.6. The molecule has 150 valence electrons. The number of aliphatic hydroxyl groups excluding tert-OH is 1. The van der Waals surface area contributed by atoms with Gasteiger partial charge in [-0.15, -0.1) is 6.58 Å². The maximum absolute atomic E-state index is 10.5. The van der Waals surface area contributed by atoms with Crippen LogP contribution in [0.1, 0.15) is 30.9 Å². The minimum Gasteiger partial charge on any atom is -0.390 e. The fourth-order valence-electron chi connectivity index (χ4n) is 3.43. The Labute approximate surface area is 167 Å². The van der Waals surface area contributed by atoms with E-state index in [0.717, 1.165) is 11.1 Å². The largest absolute Gasteiger partial charge is 0.390 e. The number of aliphatic hydroxyl groups is 1. The Morgan fingerprint density at radius 1 is 1.07 bits per heavy atom. The first kappa shape index (κ1) is 20.7. The molecule has 0 aliphatic carbocycles. The summed E-state index contributed by atoms with van der Waals surface area (Å²) < 4.78 is 18.2. The van der Waals surface area contributed by atoms with Gasteiger partial charge in [-0.2, -0.15) is 0 Å². The molecule has 1 saturated heterocycles. The maximum atomic E-state index is 10.5. The maximum Gasteiger partial charge on any atom is 0.110 e. The molecule has 1 aliphatic heterocycles. The normalized spacial score (nSPS) is 27.4. The SMILES string of the molecule is C=C[C@@]1(C)O[C@@H](CCOCc2ccccc2)[C@H](OCc2ccccc2)C[C@@H]1O. The van der Waals surface area contributed by atoms with Gasteiger partial charge in [-0.3, -0.25) is 0 Å². The molecule has 4 heteroatoms. The third-order valence-corrected chi connectivity index (χ3v) is 5.31. The molecule has 3 rings (SSSR count). The van der Waals surface area contributed by atoms with Crippen molar-refractivity contribution in [2.45, 2.75) is 56.9 Å². The molecule has 4 atom stereocenters. The topological polar surface area (TPSA) is 47.9 Å². The van der Waals surface area contributed by atoms with Gasteiger partial charge in [0.15, 0.2) is 0 Å². The lowest BCUT2D eigenvalue weighted by Crippen LogP contribution is -2.54. The van der Waals surface area contributed by atoms with E-state index in [9.17, 15) is 5.11 Å². The van der Waals surface area contributed by atoms with Crippen molar-refractivity contribution in [3.05, 3.63) is 84.4 Å². The average molecular weight is 383 g/mol. The lowest BCUT2D eigenvalue weighted by atomic mass is 9.87. The van der Waals surface area contributed by atoms with Gasteiger partial charge in [-0.25, -0.2) is 0 Å². The zero-order valence-electron chi connectivity index (χ0n) is 16.5. The lowest BCUT2D eigenvalue weighted by molar-refractivity contribution is -0.216. The van der Waals surface area contributed by atoms with Crippen LogP contribution in [-0.2, 0) is 27.4 Å². The van der Waals surface area contributed by atoms with Crippen molar-refractivity contribution in [3.63, 3.8) is 0 Å². The summed E-state index contributed by atoms with van der Waals surface area (Å²) in [5, 5.41) is 10.5. The molecule has 0 bridgehead atoms. The van der Waals surface area contributed by atoms with E-state index in [1.807, 2.05) is 67.6 Å². The standard InChI is InChI=1S/C24H30O4/c1-3-24(2)23(25)16-22(27-18-20-12-8-5-9-13-20)21(28-24)14-15-26-17-19-10-6-4-7-11-19/h3-13,21-23,25H,1,14-18H2,2H3/t21-,22+,23-,24+/m0/s1. The summed E-state index contributed by atoms with van der Waals surface area (Å²) in [5.41, 5.74) is 1.49. The minimum atomic E-state index is -0.767. The molecule has 0 aromatic heterocycles. The zero-order chi connectivity index (χ0) is 19.8. The van der Waals surface area contributed by atoms with Gasteiger partial charge in [0.2, 0.25) is 0 Å². The van der Waals surface area contributed by atoms with Crippen molar-refractivity contribution in [1.82, 2.24) is 0 Å². The number of hydrogen-bond donors (Lipinski definition) is 1. The first-order valence-electron chi connectivity index (χ1n) is 9.87. The Bertz CT molecular complexity index is 718. The monoisotopic (exact) mass is 382 g/mol. The Balaban J connectivity index is 1.56. The van der Waals surface area contributed by atoms with Gasteiger partial charge in [-0.1, -0.05) is 66.7 Å². The van der Waals surface area contributed by atoms with Crippen LogP contribution in [-0.4, -0.2) is 35.6 Å². The van der Waals surface area contributed by atoms with Crippen molar-refractivity contribution in [2.75, 3.05) is 6.61 Å².